The van der Waals surface area contributed by atoms with E-state index < -0.39 is 0 Å². The summed E-state index contributed by atoms with van der Waals surface area (Å²) in [4.78, 5) is 21.5. The number of hydrogen-bond donors (Lipinski definition) is 0. The molecule has 1 aromatic heterocycles. The van der Waals surface area contributed by atoms with Gasteiger partial charge in [-0.25, -0.2) is 0 Å². The number of para-hydroxylation sites is 1. The van der Waals surface area contributed by atoms with Gasteiger partial charge >= 0.3 is 0 Å². The van der Waals surface area contributed by atoms with Crippen LogP contribution in [-0.2, 0) is 16.1 Å². The van der Waals surface area contributed by atoms with Gasteiger partial charge in [-0.15, -0.1) is 0 Å². The number of likely N-dealkylation sites (tertiary alicyclic amines) is 2. The summed E-state index contributed by atoms with van der Waals surface area (Å²) in [6.45, 7) is 4.48. The van der Waals surface area contributed by atoms with E-state index in [4.69, 9.17) is 4.74 Å². The average Bonchev–Trinajstić information content (AvgIpc) is 3.32. The molecule has 26 heavy (non-hydrogen) atoms. The quantitative estimate of drug-likeness (QED) is 0.829. The maximum absolute atomic E-state index is 12.5. The zero-order chi connectivity index (χ0) is 17.9. The summed E-state index contributed by atoms with van der Waals surface area (Å²) in [5.74, 6) is 0.569. The molecule has 1 aromatic carbocycles. The highest BCUT2D eigenvalue weighted by molar-refractivity contribution is 5.81. The number of carbonyl (C=O) groups is 1. The molecule has 0 N–H and O–H groups in total. The van der Waals surface area contributed by atoms with E-state index in [-0.39, 0.29) is 12.0 Å². The molecule has 2 atom stereocenters. The molecule has 0 bridgehead atoms. The lowest BCUT2D eigenvalue weighted by molar-refractivity contribution is -0.131. The fourth-order valence-corrected chi connectivity index (χ4v) is 4.38. The van der Waals surface area contributed by atoms with Crippen molar-refractivity contribution >= 4 is 16.8 Å². The van der Waals surface area contributed by atoms with Gasteiger partial charge in [0.15, 0.2) is 0 Å². The van der Waals surface area contributed by atoms with Crippen molar-refractivity contribution in [3.05, 3.63) is 42.1 Å². The van der Waals surface area contributed by atoms with E-state index in [2.05, 4.69) is 34.1 Å². The predicted octanol–water partition coefficient (Wildman–Crippen LogP) is 2.69. The summed E-state index contributed by atoms with van der Waals surface area (Å²) in [7, 11) is 1.76. The van der Waals surface area contributed by atoms with Crippen LogP contribution in [0.5, 0.6) is 0 Å². The molecule has 0 aliphatic carbocycles. The van der Waals surface area contributed by atoms with Crippen LogP contribution in [0.15, 0.2) is 36.5 Å². The standard InChI is InChI=1S/C21H27N3O2/c1-26-19-15-23(14-18(19)12-20(25)24-10-2-3-11-24)13-17-7-4-6-16-8-5-9-22-21(16)17/h4-9,18-19H,2-3,10-15H2,1H3/t18-,19-/m0/s1. The maximum atomic E-state index is 12.5. The fourth-order valence-electron chi connectivity index (χ4n) is 4.38. The zero-order valence-electron chi connectivity index (χ0n) is 15.4. The van der Waals surface area contributed by atoms with E-state index in [1.165, 1.54) is 10.9 Å². The summed E-state index contributed by atoms with van der Waals surface area (Å²) in [6, 6.07) is 10.4. The number of aromatic nitrogens is 1. The Kier molecular flexibility index (Phi) is 5.18. The second kappa shape index (κ2) is 7.72. The third-order valence-electron chi connectivity index (χ3n) is 5.77. The molecule has 138 valence electrons. The van der Waals surface area contributed by atoms with Crippen LogP contribution >= 0.6 is 0 Å². The number of hydrogen-bond acceptors (Lipinski definition) is 4. The molecule has 4 rings (SSSR count). The van der Waals surface area contributed by atoms with Crippen molar-refractivity contribution in [2.24, 2.45) is 5.92 Å². The monoisotopic (exact) mass is 353 g/mol. The molecule has 0 radical (unpaired) electrons. The van der Waals surface area contributed by atoms with Gasteiger partial charge in [0.25, 0.3) is 0 Å². The van der Waals surface area contributed by atoms with Crippen molar-refractivity contribution < 1.29 is 9.53 Å². The number of rotatable bonds is 5. The lowest BCUT2D eigenvalue weighted by atomic mass is 10.0. The van der Waals surface area contributed by atoms with Crippen LogP contribution in [-0.4, -0.2) is 60.1 Å². The molecular formula is C21H27N3O2. The van der Waals surface area contributed by atoms with Crippen molar-refractivity contribution in [2.45, 2.75) is 31.9 Å². The molecule has 2 aliphatic rings. The Bertz CT molecular complexity index is 767. The van der Waals surface area contributed by atoms with Crippen molar-refractivity contribution in [3.8, 4) is 0 Å². The van der Waals surface area contributed by atoms with Gasteiger partial charge in [0.2, 0.25) is 5.91 Å². The van der Waals surface area contributed by atoms with Crippen LogP contribution in [0.2, 0.25) is 0 Å². The van der Waals surface area contributed by atoms with E-state index >= 15 is 0 Å². The number of fused-ring (bicyclic) bond motifs is 1. The van der Waals surface area contributed by atoms with Gasteiger partial charge in [0.1, 0.15) is 0 Å². The number of ether oxygens (including phenoxy) is 1. The zero-order valence-corrected chi connectivity index (χ0v) is 15.4. The molecule has 0 unspecified atom stereocenters. The number of pyridine rings is 1. The first kappa shape index (κ1) is 17.4. The minimum Gasteiger partial charge on any atom is -0.380 e. The van der Waals surface area contributed by atoms with E-state index in [0.717, 1.165) is 51.1 Å². The van der Waals surface area contributed by atoms with Gasteiger partial charge in [0, 0.05) is 63.8 Å². The lowest BCUT2D eigenvalue weighted by Crippen LogP contribution is -2.32. The van der Waals surface area contributed by atoms with Crippen molar-refractivity contribution in [1.29, 1.82) is 0 Å². The van der Waals surface area contributed by atoms with Crippen LogP contribution in [0.1, 0.15) is 24.8 Å². The fraction of sp³-hybridized carbons (Fsp3) is 0.524. The van der Waals surface area contributed by atoms with Crippen LogP contribution < -0.4 is 0 Å². The molecular weight excluding hydrogens is 326 g/mol. The molecule has 1 amide bonds. The summed E-state index contributed by atoms with van der Waals surface area (Å²) in [5, 5.41) is 1.17. The number of benzene rings is 1. The summed E-state index contributed by atoms with van der Waals surface area (Å²) in [5.41, 5.74) is 2.31. The van der Waals surface area contributed by atoms with Gasteiger partial charge < -0.3 is 9.64 Å². The summed E-state index contributed by atoms with van der Waals surface area (Å²) < 4.78 is 5.71. The molecule has 5 nitrogen and oxygen atoms in total. The first-order valence-electron chi connectivity index (χ1n) is 9.60. The number of nitrogens with zero attached hydrogens (tertiary/aromatic N) is 3. The molecule has 5 heteroatoms. The van der Waals surface area contributed by atoms with E-state index in [0.29, 0.717) is 12.3 Å². The average molecular weight is 353 g/mol. The molecule has 0 saturated carbocycles. The summed E-state index contributed by atoms with van der Waals surface area (Å²) in [6.07, 6.45) is 4.87. The maximum Gasteiger partial charge on any atom is 0.222 e. The molecule has 2 saturated heterocycles. The third kappa shape index (κ3) is 3.60. The van der Waals surface area contributed by atoms with Crippen LogP contribution in [0.3, 0.4) is 0 Å². The van der Waals surface area contributed by atoms with Gasteiger partial charge in [-0.1, -0.05) is 24.3 Å². The Hall–Kier alpha value is -1.98. The second-order valence-electron chi connectivity index (χ2n) is 7.51. The van der Waals surface area contributed by atoms with Gasteiger partial charge in [-0.2, -0.15) is 0 Å². The Balaban J connectivity index is 1.44. The highest BCUT2D eigenvalue weighted by atomic mass is 16.5. The van der Waals surface area contributed by atoms with E-state index in [1.54, 1.807) is 7.11 Å². The number of carbonyl (C=O) groups excluding carboxylic acids is 1. The largest absolute Gasteiger partial charge is 0.380 e. The SMILES string of the molecule is CO[C@H]1CN(Cc2cccc3cccnc23)C[C@@H]1CC(=O)N1CCCC1. The van der Waals surface area contributed by atoms with E-state index in [9.17, 15) is 4.79 Å². The molecule has 3 heterocycles. The summed E-state index contributed by atoms with van der Waals surface area (Å²) >= 11 is 0. The second-order valence-corrected chi connectivity index (χ2v) is 7.51. The van der Waals surface area contributed by atoms with Crippen LogP contribution in [0.25, 0.3) is 10.9 Å². The Morgan fingerprint density at radius 1 is 1.19 bits per heavy atom. The lowest BCUT2D eigenvalue weighted by Gasteiger charge is -2.21. The smallest absolute Gasteiger partial charge is 0.222 e. The normalized spacial score (nSPS) is 23.8. The number of amides is 1. The van der Waals surface area contributed by atoms with Crippen molar-refractivity contribution in [3.63, 3.8) is 0 Å². The molecule has 0 spiro atoms. The van der Waals surface area contributed by atoms with Crippen molar-refractivity contribution in [1.82, 2.24) is 14.8 Å². The first-order chi connectivity index (χ1) is 12.7. The Morgan fingerprint density at radius 2 is 2.00 bits per heavy atom. The molecule has 2 fully saturated rings. The highest BCUT2D eigenvalue weighted by Crippen LogP contribution is 2.27. The van der Waals surface area contributed by atoms with E-state index in [1.807, 2.05) is 17.2 Å². The first-order valence-corrected chi connectivity index (χ1v) is 9.60. The number of methoxy groups -OCH3 is 1. The van der Waals surface area contributed by atoms with Crippen LogP contribution in [0.4, 0.5) is 0 Å². The van der Waals surface area contributed by atoms with Crippen LogP contribution in [0, 0.1) is 5.92 Å². The Labute approximate surface area is 154 Å². The minimum atomic E-state index is 0.129. The topological polar surface area (TPSA) is 45.7 Å². The van der Waals surface area contributed by atoms with Gasteiger partial charge in [0.05, 0.1) is 11.6 Å². The molecule has 2 aromatic rings. The third-order valence-corrected chi connectivity index (χ3v) is 5.77. The van der Waals surface area contributed by atoms with Gasteiger partial charge in [-0.3, -0.25) is 14.7 Å². The highest BCUT2D eigenvalue weighted by Gasteiger charge is 2.35. The predicted molar refractivity (Wildman–Crippen MR) is 102 cm³/mol. The minimum absolute atomic E-state index is 0.129. The van der Waals surface area contributed by atoms with Gasteiger partial charge in [-0.05, 0) is 24.5 Å². The Morgan fingerprint density at radius 3 is 2.81 bits per heavy atom. The van der Waals surface area contributed by atoms with Crippen molar-refractivity contribution in [2.75, 3.05) is 33.3 Å². The molecule has 2 aliphatic heterocycles.